The zero-order valence-corrected chi connectivity index (χ0v) is 15.2. The molecule has 4 aromatic rings. The van der Waals surface area contributed by atoms with Crippen molar-refractivity contribution in [2.24, 2.45) is 0 Å². The van der Waals surface area contributed by atoms with Gasteiger partial charge in [-0.25, -0.2) is 9.18 Å². The Morgan fingerprint density at radius 3 is 2.46 bits per heavy atom. The molecule has 0 aliphatic carbocycles. The van der Waals surface area contributed by atoms with Crippen LogP contribution in [0.3, 0.4) is 0 Å². The molecule has 0 unspecified atom stereocenters. The van der Waals surface area contributed by atoms with Crippen molar-refractivity contribution in [2.75, 3.05) is 11.9 Å². The van der Waals surface area contributed by atoms with Gasteiger partial charge in [0.2, 0.25) is 0 Å². The summed E-state index contributed by atoms with van der Waals surface area (Å²) in [5, 5.41) is 6.56. The number of urea groups is 1. The lowest BCUT2D eigenvalue weighted by Crippen LogP contribution is -2.33. The Bertz CT molecular complexity index is 1090. The van der Waals surface area contributed by atoms with Gasteiger partial charge in [0, 0.05) is 29.6 Å². The Kier molecular flexibility index (Phi) is 5.06. The van der Waals surface area contributed by atoms with E-state index in [0.29, 0.717) is 6.54 Å². The maximum atomic E-state index is 13.8. The number of fused-ring (bicyclic) bond motifs is 1. The number of nitrogens with one attached hydrogen (secondary N) is 3. The number of hydrogen-bond donors (Lipinski definition) is 3. The molecule has 0 saturated heterocycles. The molecule has 0 bridgehead atoms. The van der Waals surface area contributed by atoms with Crippen molar-refractivity contribution in [2.45, 2.75) is 5.92 Å². The number of H-pyrrole nitrogens is 1. The molecule has 2 amide bonds. The van der Waals surface area contributed by atoms with E-state index in [2.05, 4.69) is 21.7 Å². The van der Waals surface area contributed by atoms with Crippen molar-refractivity contribution in [1.29, 1.82) is 0 Å². The van der Waals surface area contributed by atoms with Gasteiger partial charge in [-0.2, -0.15) is 0 Å². The summed E-state index contributed by atoms with van der Waals surface area (Å²) in [4.78, 5) is 15.6. The molecule has 0 aliphatic rings. The number of amides is 2. The molecule has 0 radical (unpaired) electrons. The van der Waals surface area contributed by atoms with Crippen LogP contribution in [0.25, 0.3) is 10.9 Å². The Morgan fingerprint density at radius 2 is 1.64 bits per heavy atom. The predicted molar refractivity (Wildman–Crippen MR) is 110 cm³/mol. The third-order valence-electron chi connectivity index (χ3n) is 4.79. The topological polar surface area (TPSA) is 56.9 Å². The number of aromatic nitrogens is 1. The number of aromatic amines is 1. The predicted octanol–water partition coefficient (Wildman–Crippen LogP) is 5.26. The van der Waals surface area contributed by atoms with Gasteiger partial charge in [-0.1, -0.05) is 60.7 Å². The molecule has 1 atom stereocenters. The first-order chi connectivity index (χ1) is 13.7. The van der Waals surface area contributed by atoms with E-state index >= 15 is 0 Å². The molecule has 140 valence electrons. The maximum Gasteiger partial charge on any atom is 0.319 e. The monoisotopic (exact) mass is 373 g/mol. The van der Waals surface area contributed by atoms with Crippen molar-refractivity contribution in [3.63, 3.8) is 0 Å². The zero-order valence-electron chi connectivity index (χ0n) is 15.2. The molecule has 3 N–H and O–H groups in total. The van der Waals surface area contributed by atoms with Gasteiger partial charge in [-0.05, 0) is 29.3 Å². The van der Waals surface area contributed by atoms with Gasteiger partial charge in [0.05, 0.1) is 5.69 Å². The van der Waals surface area contributed by atoms with Crippen LogP contribution in [0.2, 0.25) is 0 Å². The average molecular weight is 373 g/mol. The summed E-state index contributed by atoms with van der Waals surface area (Å²) < 4.78 is 13.8. The van der Waals surface area contributed by atoms with Crippen LogP contribution in [0.1, 0.15) is 17.0 Å². The van der Waals surface area contributed by atoms with Crippen LogP contribution in [0.5, 0.6) is 0 Å². The number of carbonyl (C=O) groups excluding carboxylic acids is 1. The van der Waals surface area contributed by atoms with E-state index in [1.807, 2.05) is 54.7 Å². The second kappa shape index (κ2) is 7.96. The lowest BCUT2D eigenvalue weighted by atomic mass is 9.91. The van der Waals surface area contributed by atoms with Crippen LogP contribution >= 0.6 is 0 Å². The van der Waals surface area contributed by atoms with E-state index < -0.39 is 11.8 Å². The molecular formula is C23H20FN3O. The van der Waals surface area contributed by atoms with Crippen LogP contribution < -0.4 is 10.6 Å². The summed E-state index contributed by atoms with van der Waals surface area (Å²) in [5.41, 5.74) is 3.41. The van der Waals surface area contributed by atoms with Gasteiger partial charge < -0.3 is 15.6 Å². The van der Waals surface area contributed by atoms with Crippen molar-refractivity contribution in [3.05, 3.63) is 102 Å². The minimum Gasteiger partial charge on any atom is -0.361 e. The number of para-hydroxylation sites is 2. The molecule has 3 aromatic carbocycles. The summed E-state index contributed by atoms with van der Waals surface area (Å²) in [6.07, 6.45) is 1.98. The summed E-state index contributed by atoms with van der Waals surface area (Å²) >= 11 is 0. The van der Waals surface area contributed by atoms with E-state index in [-0.39, 0.29) is 11.6 Å². The second-order valence-corrected chi connectivity index (χ2v) is 6.57. The molecular weight excluding hydrogens is 353 g/mol. The summed E-state index contributed by atoms with van der Waals surface area (Å²) in [6, 6.07) is 23.8. The Morgan fingerprint density at radius 1 is 0.929 bits per heavy atom. The Balaban J connectivity index is 1.57. The van der Waals surface area contributed by atoms with E-state index in [4.69, 9.17) is 0 Å². The minimum absolute atomic E-state index is 0.0382. The first-order valence-corrected chi connectivity index (χ1v) is 9.12. The molecule has 0 fully saturated rings. The molecule has 5 heteroatoms. The maximum absolute atomic E-state index is 13.8. The Hall–Kier alpha value is -3.60. The van der Waals surface area contributed by atoms with Gasteiger partial charge in [-0.3, -0.25) is 0 Å². The molecule has 1 aromatic heterocycles. The van der Waals surface area contributed by atoms with Crippen LogP contribution in [-0.4, -0.2) is 17.6 Å². The SMILES string of the molecule is O=C(NC[C@H](c1ccccc1)c1c[nH]c2ccccc12)Nc1ccccc1F. The van der Waals surface area contributed by atoms with Crippen LogP contribution in [0, 0.1) is 5.82 Å². The smallest absolute Gasteiger partial charge is 0.319 e. The van der Waals surface area contributed by atoms with Crippen LogP contribution in [0.15, 0.2) is 85.1 Å². The molecule has 4 rings (SSSR count). The highest BCUT2D eigenvalue weighted by molar-refractivity contribution is 5.89. The average Bonchev–Trinajstić information content (AvgIpc) is 3.15. The van der Waals surface area contributed by atoms with E-state index in [0.717, 1.165) is 22.0 Å². The summed E-state index contributed by atoms with van der Waals surface area (Å²) in [6.45, 7) is 0.381. The highest BCUT2D eigenvalue weighted by atomic mass is 19.1. The summed E-state index contributed by atoms with van der Waals surface area (Å²) in [7, 11) is 0. The Labute approximate surface area is 162 Å². The van der Waals surface area contributed by atoms with Gasteiger partial charge in [0.25, 0.3) is 0 Å². The van der Waals surface area contributed by atoms with Gasteiger partial charge in [0.15, 0.2) is 0 Å². The lowest BCUT2D eigenvalue weighted by molar-refractivity contribution is 0.251. The standard InChI is InChI=1S/C23H20FN3O/c24-20-11-5-7-13-22(20)27-23(28)26-14-18(16-8-2-1-3-9-16)19-15-25-21-12-6-4-10-17(19)21/h1-13,15,18,25H,14H2,(H2,26,27,28)/t18-/m1/s1. The number of benzene rings is 3. The number of rotatable bonds is 5. The first-order valence-electron chi connectivity index (χ1n) is 9.12. The quantitative estimate of drug-likeness (QED) is 0.439. The lowest BCUT2D eigenvalue weighted by Gasteiger charge is -2.18. The third-order valence-corrected chi connectivity index (χ3v) is 4.79. The van der Waals surface area contributed by atoms with Crippen LogP contribution in [0.4, 0.5) is 14.9 Å². The van der Waals surface area contributed by atoms with Gasteiger partial charge in [-0.15, -0.1) is 0 Å². The number of carbonyl (C=O) groups is 1. The third kappa shape index (κ3) is 3.74. The zero-order chi connectivity index (χ0) is 19.3. The van der Waals surface area contributed by atoms with Gasteiger partial charge in [0.1, 0.15) is 5.82 Å². The molecule has 0 aliphatic heterocycles. The second-order valence-electron chi connectivity index (χ2n) is 6.57. The first kappa shape index (κ1) is 17.8. The molecule has 0 saturated carbocycles. The van der Waals surface area contributed by atoms with Crippen molar-refractivity contribution in [1.82, 2.24) is 10.3 Å². The van der Waals surface area contributed by atoms with E-state index in [1.165, 1.54) is 12.1 Å². The van der Waals surface area contributed by atoms with Crippen molar-refractivity contribution < 1.29 is 9.18 Å². The fourth-order valence-electron chi connectivity index (χ4n) is 3.40. The molecule has 28 heavy (non-hydrogen) atoms. The van der Waals surface area contributed by atoms with Crippen molar-refractivity contribution in [3.8, 4) is 0 Å². The number of anilines is 1. The fourth-order valence-corrected chi connectivity index (χ4v) is 3.40. The van der Waals surface area contributed by atoms with Crippen LogP contribution in [-0.2, 0) is 0 Å². The van der Waals surface area contributed by atoms with E-state index in [1.54, 1.807) is 12.1 Å². The summed E-state index contributed by atoms with van der Waals surface area (Å²) in [5.74, 6) is -0.502. The van der Waals surface area contributed by atoms with Crippen molar-refractivity contribution >= 4 is 22.6 Å². The van der Waals surface area contributed by atoms with E-state index in [9.17, 15) is 9.18 Å². The highest BCUT2D eigenvalue weighted by Gasteiger charge is 2.19. The molecule has 1 heterocycles. The molecule has 0 spiro atoms. The highest BCUT2D eigenvalue weighted by Crippen LogP contribution is 2.30. The molecule has 4 nitrogen and oxygen atoms in total. The largest absolute Gasteiger partial charge is 0.361 e. The number of hydrogen-bond acceptors (Lipinski definition) is 1. The normalized spacial score (nSPS) is 11.9. The van der Waals surface area contributed by atoms with Gasteiger partial charge >= 0.3 is 6.03 Å². The fraction of sp³-hybridized carbons (Fsp3) is 0.0870. The minimum atomic E-state index is -0.464. The number of halogens is 1.